The van der Waals surface area contributed by atoms with Gasteiger partial charge in [0.1, 0.15) is 0 Å². The smallest absolute Gasteiger partial charge is 0.0998 e. The van der Waals surface area contributed by atoms with Gasteiger partial charge in [-0.2, -0.15) is 5.26 Å². The first-order chi connectivity index (χ1) is 11.8. The molecule has 128 valence electrons. The average molecular weight is 351 g/mol. The molecule has 3 heteroatoms. The van der Waals surface area contributed by atoms with Crippen LogP contribution in [0.4, 0.5) is 5.69 Å². The van der Waals surface area contributed by atoms with Crippen LogP contribution >= 0.6 is 11.6 Å². The number of allylic oxidation sites excluding steroid dienone is 1. The first kappa shape index (κ1) is 17.6. The Labute approximate surface area is 155 Å². The van der Waals surface area contributed by atoms with Gasteiger partial charge in [-0.25, -0.2) is 0 Å². The molecule has 2 nitrogen and oxygen atoms in total. The van der Waals surface area contributed by atoms with Crippen LogP contribution in [-0.4, -0.2) is 12.6 Å². The predicted octanol–water partition coefficient (Wildman–Crippen LogP) is 6.13. The van der Waals surface area contributed by atoms with Crippen molar-refractivity contribution < 1.29 is 0 Å². The van der Waals surface area contributed by atoms with Crippen molar-refractivity contribution in [1.82, 2.24) is 0 Å². The van der Waals surface area contributed by atoms with Crippen molar-refractivity contribution in [1.29, 1.82) is 5.26 Å². The summed E-state index contributed by atoms with van der Waals surface area (Å²) >= 11 is 6.06. The van der Waals surface area contributed by atoms with Crippen LogP contribution in [0.5, 0.6) is 0 Å². The van der Waals surface area contributed by atoms with E-state index < -0.39 is 0 Å². The van der Waals surface area contributed by atoms with Gasteiger partial charge in [0, 0.05) is 23.3 Å². The maximum Gasteiger partial charge on any atom is 0.0998 e. The summed E-state index contributed by atoms with van der Waals surface area (Å²) in [7, 11) is 2.16. The molecule has 0 aromatic heterocycles. The molecule has 25 heavy (non-hydrogen) atoms. The molecule has 1 aliphatic rings. The maximum atomic E-state index is 9.56. The van der Waals surface area contributed by atoms with Crippen molar-refractivity contribution in [2.45, 2.75) is 38.6 Å². The Balaban J connectivity index is 2.03. The van der Waals surface area contributed by atoms with Gasteiger partial charge in [-0.3, -0.25) is 0 Å². The molecule has 0 aliphatic carbocycles. The highest BCUT2D eigenvalue weighted by Gasteiger charge is 2.33. The zero-order valence-electron chi connectivity index (χ0n) is 15.2. The lowest BCUT2D eigenvalue weighted by molar-refractivity contribution is 0.395. The van der Waals surface area contributed by atoms with Crippen molar-refractivity contribution in [3.05, 3.63) is 64.2 Å². The number of nitriles is 1. The first-order valence-corrected chi connectivity index (χ1v) is 8.95. The maximum absolute atomic E-state index is 9.56. The third kappa shape index (κ3) is 3.43. The van der Waals surface area contributed by atoms with Gasteiger partial charge in [0.15, 0.2) is 0 Å². The molecule has 1 unspecified atom stereocenters. The third-order valence-corrected chi connectivity index (χ3v) is 5.46. The fourth-order valence-electron chi connectivity index (χ4n) is 3.69. The molecule has 2 aromatic carbocycles. The van der Waals surface area contributed by atoms with E-state index in [1.165, 1.54) is 11.3 Å². The number of halogens is 1. The second kappa shape index (κ2) is 6.58. The topological polar surface area (TPSA) is 27.0 Å². The molecule has 0 spiro atoms. The number of rotatable bonds is 2. The number of fused-ring (bicyclic) bond motifs is 1. The third-order valence-electron chi connectivity index (χ3n) is 5.22. The number of nitrogens with zero attached hydrogens (tertiary/aromatic N) is 2. The Kier molecular flexibility index (Phi) is 4.62. The molecule has 0 bridgehead atoms. The molecule has 0 N–H and O–H groups in total. The van der Waals surface area contributed by atoms with Crippen LogP contribution in [-0.2, 0) is 0 Å². The fraction of sp³-hybridized carbons (Fsp3) is 0.318. The van der Waals surface area contributed by atoms with Crippen molar-refractivity contribution in [3.8, 4) is 6.07 Å². The van der Waals surface area contributed by atoms with E-state index in [0.29, 0.717) is 16.5 Å². The number of anilines is 1. The second-order valence-corrected chi connectivity index (χ2v) is 7.91. The summed E-state index contributed by atoms with van der Waals surface area (Å²) in [5, 5.41) is 10.2. The van der Waals surface area contributed by atoms with Crippen LogP contribution in [0.3, 0.4) is 0 Å². The van der Waals surface area contributed by atoms with E-state index in [-0.39, 0.29) is 5.54 Å². The monoisotopic (exact) mass is 350 g/mol. The Morgan fingerprint density at radius 1 is 1.28 bits per heavy atom. The van der Waals surface area contributed by atoms with E-state index >= 15 is 0 Å². The van der Waals surface area contributed by atoms with E-state index in [4.69, 9.17) is 11.6 Å². The molecule has 0 fully saturated rings. The SMILES string of the molecule is CC1CC(C)(C)N(C)c2ccc(/C=C(\C#N)c3cccc(Cl)c3)cc21. The molecular formula is C22H23ClN2. The molecule has 1 aliphatic heterocycles. The number of hydrogen-bond acceptors (Lipinski definition) is 2. The lowest BCUT2D eigenvalue weighted by Gasteiger charge is -2.45. The normalized spacial score (nSPS) is 19.3. The van der Waals surface area contributed by atoms with Crippen LogP contribution in [0, 0.1) is 11.3 Å². The summed E-state index contributed by atoms with van der Waals surface area (Å²) in [5.41, 5.74) is 5.30. The van der Waals surface area contributed by atoms with Gasteiger partial charge in [-0.05, 0) is 73.2 Å². The Morgan fingerprint density at radius 3 is 2.72 bits per heavy atom. The zero-order chi connectivity index (χ0) is 18.2. The summed E-state index contributed by atoms with van der Waals surface area (Å²) in [6, 6.07) is 16.2. The number of benzene rings is 2. The molecule has 0 saturated heterocycles. The van der Waals surface area contributed by atoms with Gasteiger partial charge in [0.05, 0.1) is 11.6 Å². The van der Waals surface area contributed by atoms with Gasteiger partial charge in [-0.1, -0.05) is 36.7 Å². The molecule has 2 aromatic rings. The molecule has 1 heterocycles. The molecular weight excluding hydrogens is 328 g/mol. The van der Waals surface area contributed by atoms with Gasteiger partial charge in [0.25, 0.3) is 0 Å². The highest BCUT2D eigenvalue weighted by atomic mass is 35.5. The summed E-state index contributed by atoms with van der Waals surface area (Å²) in [6.07, 6.45) is 3.06. The number of hydrogen-bond donors (Lipinski definition) is 0. The van der Waals surface area contributed by atoms with E-state index in [1.54, 1.807) is 0 Å². The Bertz CT molecular complexity index is 874. The largest absolute Gasteiger partial charge is 0.369 e. The second-order valence-electron chi connectivity index (χ2n) is 7.48. The van der Waals surface area contributed by atoms with Crippen molar-refractivity contribution >= 4 is 28.9 Å². The zero-order valence-corrected chi connectivity index (χ0v) is 15.9. The van der Waals surface area contributed by atoms with Crippen molar-refractivity contribution in [2.24, 2.45) is 0 Å². The van der Waals surface area contributed by atoms with E-state index in [2.05, 4.69) is 57.0 Å². The van der Waals surface area contributed by atoms with Crippen LogP contribution in [0.2, 0.25) is 5.02 Å². The van der Waals surface area contributed by atoms with E-state index in [9.17, 15) is 5.26 Å². The van der Waals surface area contributed by atoms with Crippen molar-refractivity contribution in [3.63, 3.8) is 0 Å². The molecule has 0 saturated carbocycles. The molecule has 0 radical (unpaired) electrons. The average Bonchev–Trinajstić information content (AvgIpc) is 2.57. The Hall–Kier alpha value is -2.24. The van der Waals surface area contributed by atoms with Gasteiger partial charge in [0.2, 0.25) is 0 Å². The molecule has 0 amide bonds. The minimum atomic E-state index is 0.155. The lowest BCUT2D eigenvalue weighted by atomic mass is 9.80. The highest BCUT2D eigenvalue weighted by Crippen LogP contribution is 2.42. The minimum Gasteiger partial charge on any atom is -0.369 e. The van der Waals surface area contributed by atoms with E-state index in [0.717, 1.165) is 17.5 Å². The quantitative estimate of drug-likeness (QED) is 0.481. The van der Waals surface area contributed by atoms with Crippen LogP contribution in [0.25, 0.3) is 11.6 Å². The van der Waals surface area contributed by atoms with Gasteiger partial charge in [-0.15, -0.1) is 0 Å². The molecule has 3 rings (SSSR count). The first-order valence-electron chi connectivity index (χ1n) is 8.57. The standard InChI is InChI=1S/C22H23ClN2/c1-15-13-22(2,3)25(4)21-9-8-16(11-20(15)21)10-18(14-24)17-6-5-7-19(23)12-17/h5-12,15H,13H2,1-4H3/b18-10+. The summed E-state index contributed by atoms with van der Waals surface area (Å²) < 4.78 is 0. The summed E-state index contributed by atoms with van der Waals surface area (Å²) in [5.74, 6) is 0.492. The Morgan fingerprint density at radius 2 is 2.04 bits per heavy atom. The van der Waals surface area contributed by atoms with Gasteiger partial charge < -0.3 is 4.90 Å². The van der Waals surface area contributed by atoms with Crippen molar-refractivity contribution in [2.75, 3.05) is 11.9 Å². The van der Waals surface area contributed by atoms with Crippen LogP contribution in [0.1, 0.15) is 49.8 Å². The molecule has 1 atom stereocenters. The summed E-state index contributed by atoms with van der Waals surface area (Å²) in [6.45, 7) is 6.85. The van der Waals surface area contributed by atoms with Crippen LogP contribution < -0.4 is 4.90 Å². The fourth-order valence-corrected chi connectivity index (χ4v) is 3.88. The van der Waals surface area contributed by atoms with E-state index in [1.807, 2.05) is 30.3 Å². The lowest BCUT2D eigenvalue weighted by Crippen LogP contribution is -2.45. The minimum absolute atomic E-state index is 0.155. The van der Waals surface area contributed by atoms with Gasteiger partial charge >= 0.3 is 0 Å². The predicted molar refractivity (Wildman–Crippen MR) is 107 cm³/mol. The summed E-state index contributed by atoms with van der Waals surface area (Å²) in [4.78, 5) is 2.36. The highest BCUT2D eigenvalue weighted by molar-refractivity contribution is 6.30. The van der Waals surface area contributed by atoms with Crippen LogP contribution in [0.15, 0.2) is 42.5 Å².